The van der Waals surface area contributed by atoms with Crippen LogP contribution < -0.4 is 21.6 Å². The maximum Gasteiger partial charge on any atom is 0.331 e. The smallest absolute Gasteiger partial charge is 0.331 e. The van der Waals surface area contributed by atoms with E-state index in [0.29, 0.717) is 12.1 Å². The van der Waals surface area contributed by atoms with Gasteiger partial charge in [-0.05, 0) is 23.3 Å². The molecule has 0 aliphatic carbocycles. The van der Waals surface area contributed by atoms with Gasteiger partial charge in [0, 0.05) is 26.2 Å². The Morgan fingerprint density at radius 3 is 2.47 bits per heavy atom. The molecule has 0 fully saturated rings. The van der Waals surface area contributed by atoms with Crippen LogP contribution in [0.3, 0.4) is 0 Å². The van der Waals surface area contributed by atoms with E-state index in [1.165, 1.54) is 0 Å². The Labute approximate surface area is 173 Å². The van der Waals surface area contributed by atoms with Crippen LogP contribution in [0.15, 0.2) is 69.3 Å². The molecule has 0 spiro atoms. The summed E-state index contributed by atoms with van der Waals surface area (Å²) in [5, 5.41) is 15.0. The summed E-state index contributed by atoms with van der Waals surface area (Å²) in [7, 11) is 3.95. The van der Waals surface area contributed by atoms with Gasteiger partial charge in [-0.25, -0.2) is 4.79 Å². The normalized spacial score (nSPS) is 15.5. The van der Waals surface area contributed by atoms with Crippen molar-refractivity contribution in [3.8, 4) is 5.88 Å². The zero-order chi connectivity index (χ0) is 21.3. The summed E-state index contributed by atoms with van der Waals surface area (Å²) in [6.45, 7) is 0.144. The lowest BCUT2D eigenvalue weighted by Gasteiger charge is -2.15. The second kappa shape index (κ2) is 7.90. The van der Waals surface area contributed by atoms with E-state index in [-0.39, 0.29) is 24.0 Å². The standard InChI is InChI=1S/C22H23N5O3/c1-26(2)16-10-8-15(9-11-16)17-12-18(25-24-17)19-20(28)23-22(30)27(21(19)29)13-14-6-4-3-5-7-14/h3-11,17,24,29H,12-13H2,1-2H3,(H,23,28,30)/t17-/m0/s1. The van der Waals surface area contributed by atoms with Gasteiger partial charge < -0.3 is 15.4 Å². The summed E-state index contributed by atoms with van der Waals surface area (Å²) in [4.78, 5) is 29.1. The Kier molecular flexibility index (Phi) is 5.14. The molecule has 3 N–H and O–H groups in total. The number of benzene rings is 2. The number of hydrazone groups is 1. The number of nitrogens with one attached hydrogen (secondary N) is 2. The largest absolute Gasteiger partial charge is 0.494 e. The highest BCUT2D eigenvalue weighted by molar-refractivity contribution is 6.03. The highest BCUT2D eigenvalue weighted by Crippen LogP contribution is 2.27. The number of aromatic nitrogens is 2. The molecule has 0 radical (unpaired) electrons. The summed E-state index contributed by atoms with van der Waals surface area (Å²) < 4.78 is 1.15. The minimum Gasteiger partial charge on any atom is -0.494 e. The Bertz CT molecular complexity index is 1190. The van der Waals surface area contributed by atoms with E-state index in [9.17, 15) is 14.7 Å². The average molecular weight is 405 g/mol. The number of anilines is 1. The van der Waals surface area contributed by atoms with Crippen molar-refractivity contribution >= 4 is 11.4 Å². The average Bonchev–Trinajstić information content (AvgIpc) is 3.21. The number of aromatic amines is 1. The monoisotopic (exact) mass is 405 g/mol. The minimum atomic E-state index is -0.660. The highest BCUT2D eigenvalue weighted by atomic mass is 16.3. The van der Waals surface area contributed by atoms with Gasteiger partial charge in [-0.2, -0.15) is 5.10 Å². The van der Waals surface area contributed by atoms with Crippen LogP contribution in [0.1, 0.15) is 29.2 Å². The van der Waals surface area contributed by atoms with Crippen LogP contribution in [0.5, 0.6) is 5.88 Å². The summed E-state index contributed by atoms with van der Waals surface area (Å²) in [6.07, 6.45) is 0.418. The molecule has 4 rings (SSSR count). The topological polar surface area (TPSA) is 103 Å². The third-order valence-electron chi connectivity index (χ3n) is 5.21. The van der Waals surface area contributed by atoms with E-state index < -0.39 is 11.2 Å². The fourth-order valence-electron chi connectivity index (χ4n) is 3.53. The highest BCUT2D eigenvalue weighted by Gasteiger charge is 2.27. The van der Waals surface area contributed by atoms with Gasteiger partial charge in [-0.15, -0.1) is 0 Å². The van der Waals surface area contributed by atoms with E-state index in [2.05, 4.69) is 15.5 Å². The van der Waals surface area contributed by atoms with Crippen LogP contribution in [0, 0.1) is 0 Å². The number of H-pyrrole nitrogens is 1. The molecular formula is C22H23N5O3. The predicted octanol–water partition coefficient (Wildman–Crippen LogP) is 1.80. The molecule has 0 bridgehead atoms. The SMILES string of the molecule is CN(C)c1ccc([C@@H]2CC(c3c(O)n(Cc4ccccc4)c(=O)[nH]c3=O)=NN2)cc1. The molecule has 3 aromatic rings. The van der Waals surface area contributed by atoms with Crippen LogP contribution in [-0.4, -0.2) is 34.5 Å². The molecule has 1 atom stereocenters. The summed E-state index contributed by atoms with van der Waals surface area (Å²) >= 11 is 0. The molecule has 0 saturated heterocycles. The van der Waals surface area contributed by atoms with Crippen LogP contribution in [0.4, 0.5) is 5.69 Å². The Hall–Kier alpha value is -3.81. The third kappa shape index (κ3) is 3.71. The summed E-state index contributed by atoms with van der Waals surface area (Å²) in [5.74, 6) is -0.378. The molecule has 2 aromatic carbocycles. The van der Waals surface area contributed by atoms with E-state index in [0.717, 1.165) is 21.4 Å². The molecule has 2 heterocycles. The lowest BCUT2D eigenvalue weighted by molar-refractivity contribution is 0.408. The molecule has 0 unspecified atom stereocenters. The van der Waals surface area contributed by atoms with Gasteiger partial charge in [0.2, 0.25) is 5.88 Å². The van der Waals surface area contributed by atoms with Crippen LogP contribution in [0.2, 0.25) is 0 Å². The van der Waals surface area contributed by atoms with Crippen molar-refractivity contribution in [1.82, 2.24) is 15.0 Å². The van der Waals surface area contributed by atoms with Crippen LogP contribution in [0.25, 0.3) is 0 Å². The molecule has 8 heteroatoms. The Morgan fingerprint density at radius 2 is 1.80 bits per heavy atom. The second-order valence-electron chi connectivity index (χ2n) is 7.46. The minimum absolute atomic E-state index is 0.0189. The fourth-order valence-corrected chi connectivity index (χ4v) is 3.53. The zero-order valence-electron chi connectivity index (χ0n) is 16.8. The first-order valence-electron chi connectivity index (χ1n) is 9.64. The lowest BCUT2D eigenvalue weighted by Crippen LogP contribution is -2.34. The number of rotatable bonds is 5. The van der Waals surface area contributed by atoms with Crippen LogP contribution in [-0.2, 0) is 6.54 Å². The van der Waals surface area contributed by atoms with E-state index in [1.807, 2.05) is 73.6 Å². The molecule has 0 saturated carbocycles. The van der Waals surface area contributed by atoms with E-state index in [4.69, 9.17) is 0 Å². The zero-order valence-corrected chi connectivity index (χ0v) is 16.8. The predicted molar refractivity (Wildman–Crippen MR) is 116 cm³/mol. The first kappa shape index (κ1) is 19.5. The number of hydrogen-bond donors (Lipinski definition) is 3. The molecule has 8 nitrogen and oxygen atoms in total. The van der Waals surface area contributed by atoms with Gasteiger partial charge in [0.1, 0.15) is 5.56 Å². The maximum atomic E-state index is 12.5. The Balaban J connectivity index is 1.62. The molecule has 154 valence electrons. The summed E-state index contributed by atoms with van der Waals surface area (Å²) in [5.41, 5.74) is 5.09. The van der Waals surface area contributed by atoms with Crippen molar-refractivity contribution in [2.24, 2.45) is 5.10 Å². The van der Waals surface area contributed by atoms with Crippen molar-refractivity contribution in [2.75, 3.05) is 19.0 Å². The first-order valence-corrected chi connectivity index (χ1v) is 9.64. The molecule has 30 heavy (non-hydrogen) atoms. The summed E-state index contributed by atoms with van der Waals surface area (Å²) in [6, 6.07) is 17.2. The van der Waals surface area contributed by atoms with Crippen molar-refractivity contribution < 1.29 is 5.11 Å². The first-order chi connectivity index (χ1) is 14.4. The fraction of sp³-hybridized carbons (Fsp3) is 0.227. The Morgan fingerprint density at radius 1 is 1.10 bits per heavy atom. The molecule has 1 aromatic heterocycles. The van der Waals surface area contributed by atoms with E-state index >= 15 is 0 Å². The van der Waals surface area contributed by atoms with Gasteiger partial charge in [-0.3, -0.25) is 14.3 Å². The number of nitrogens with zero attached hydrogens (tertiary/aromatic N) is 3. The second-order valence-corrected chi connectivity index (χ2v) is 7.46. The van der Waals surface area contributed by atoms with E-state index in [1.54, 1.807) is 0 Å². The van der Waals surface area contributed by atoms with Crippen LogP contribution >= 0.6 is 0 Å². The van der Waals surface area contributed by atoms with Crippen molar-refractivity contribution in [1.29, 1.82) is 0 Å². The van der Waals surface area contributed by atoms with Gasteiger partial charge in [0.15, 0.2) is 0 Å². The van der Waals surface area contributed by atoms with Crippen molar-refractivity contribution in [3.05, 3.63) is 92.1 Å². The molecule has 0 amide bonds. The molecular weight excluding hydrogens is 382 g/mol. The lowest BCUT2D eigenvalue weighted by atomic mass is 9.99. The number of aromatic hydroxyl groups is 1. The molecule has 1 aliphatic heterocycles. The van der Waals surface area contributed by atoms with Crippen molar-refractivity contribution in [3.63, 3.8) is 0 Å². The maximum absolute atomic E-state index is 12.5. The quantitative estimate of drug-likeness (QED) is 0.601. The van der Waals surface area contributed by atoms with Gasteiger partial charge in [0.25, 0.3) is 5.56 Å². The van der Waals surface area contributed by atoms with Crippen molar-refractivity contribution in [2.45, 2.75) is 19.0 Å². The van der Waals surface area contributed by atoms with Gasteiger partial charge in [-0.1, -0.05) is 42.5 Å². The molecule has 1 aliphatic rings. The third-order valence-corrected chi connectivity index (χ3v) is 5.21. The van der Waals surface area contributed by atoms with Gasteiger partial charge in [0.05, 0.1) is 18.3 Å². The van der Waals surface area contributed by atoms with Gasteiger partial charge >= 0.3 is 5.69 Å². The number of hydrogen-bond acceptors (Lipinski definition) is 6.